The van der Waals surface area contributed by atoms with Crippen molar-refractivity contribution in [2.24, 2.45) is 0 Å². The van der Waals surface area contributed by atoms with Gasteiger partial charge in [0.05, 0.1) is 22.3 Å². The molecule has 1 atom stereocenters. The maximum Gasteiger partial charge on any atom is 0.266 e. The molecule has 1 aromatic heterocycles. The SMILES string of the molecule is CC1Cc2ccccc2N1C(=O)CSc1nc2ccccc2c(=O)n1-c1ccc(Cl)cc1. The number of hydrogen-bond donors (Lipinski definition) is 0. The second-order valence-corrected chi connectivity index (χ2v) is 9.14. The Kier molecular flexibility index (Phi) is 5.49. The molecule has 2 heterocycles. The molecule has 0 saturated heterocycles. The van der Waals surface area contributed by atoms with Crippen molar-refractivity contribution in [2.75, 3.05) is 10.7 Å². The largest absolute Gasteiger partial charge is 0.308 e. The molecule has 0 fully saturated rings. The molecule has 1 unspecified atom stereocenters. The van der Waals surface area contributed by atoms with Gasteiger partial charge in [-0.25, -0.2) is 4.98 Å². The van der Waals surface area contributed by atoms with Gasteiger partial charge < -0.3 is 4.90 Å². The van der Waals surface area contributed by atoms with E-state index < -0.39 is 0 Å². The van der Waals surface area contributed by atoms with Crippen LogP contribution < -0.4 is 10.5 Å². The van der Waals surface area contributed by atoms with Gasteiger partial charge in [0.25, 0.3) is 5.56 Å². The summed E-state index contributed by atoms with van der Waals surface area (Å²) in [5.74, 6) is 0.175. The van der Waals surface area contributed by atoms with Crippen molar-refractivity contribution in [3.63, 3.8) is 0 Å². The molecule has 32 heavy (non-hydrogen) atoms. The van der Waals surface area contributed by atoms with Crippen LogP contribution >= 0.6 is 23.4 Å². The number of hydrogen-bond acceptors (Lipinski definition) is 4. The van der Waals surface area contributed by atoms with Crippen LogP contribution in [0.25, 0.3) is 16.6 Å². The van der Waals surface area contributed by atoms with Gasteiger partial charge in [-0.15, -0.1) is 0 Å². The molecule has 0 N–H and O–H groups in total. The maximum absolute atomic E-state index is 13.3. The van der Waals surface area contributed by atoms with Crippen LogP contribution in [-0.4, -0.2) is 27.3 Å². The first-order valence-electron chi connectivity index (χ1n) is 10.3. The molecule has 0 bridgehead atoms. The van der Waals surface area contributed by atoms with Crippen LogP contribution in [0.1, 0.15) is 12.5 Å². The van der Waals surface area contributed by atoms with E-state index in [9.17, 15) is 9.59 Å². The lowest BCUT2D eigenvalue weighted by atomic mass is 10.1. The second-order valence-electron chi connectivity index (χ2n) is 7.76. The number of para-hydroxylation sites is 2. The zero-order valence-corrected chi connectivity index (χ0v) is 18.9. The topological polar surface area (TPSA) is 55.2 Å². The summed E-state index contributed by atoms with van der Waals surface area (Å²) in [4.78, 5) is 33.1. The normalized spacial score (nSPS) is 15.2. The molecular weight excluding hydrogens is 442 g/mol. The summed E-state index contributed by atoms with van der Waals surface area (Å²) in [6.07, 6.45) is 0.844. The monoisotopic (exact) mass is 461 g/mol. The Bertz CT molecular complexity index is 1380. The number of amides is 1. The Hall–Kier alpha value is -3.09. The van der Waals surface area contributed by atoms with Gasteiger partial charge in [-0.1, -0.05) is 53.7 Å². The summed E-state index contributed by atoms with van der Waals surface area (Å²) in [6.45, 7) is 2.06. The minimum absolute atomic E-state index is 0.00230. The van der Waals surface area contributed by atoms with Crippen LogP contribution in [0.2, 0.25) is 5.02 Å². The number of benzene rings is 3. The molecule has 7 heteroatoms. The van der Waals surface area contributed by atoms with E-state index in [2.05, 4.69) is 13.0 Å². The van der Waals surface area contributed by atoms with E-state index in [-0.39, 0.29) is 23.3 Å². The summed E-state index contributed by atoms with van der Waals surface area (Å²) in [5, 5.41) is 1.59. The van der Waals surface area contributed by atoms with Crippen molar-refractivity contribution in [1.29, 1.82) is 0 Å². The first-order chi connectivity index (χ1) is 15.5. The first kappa shape index (κ1) is 20.8. The number of nitrogens with zero attached hydrogens (tertiary/aromatic N) is 3. The lowest BCUT2D eigenvalue weighted by Crippen LogP contribution is -2.37. The van der Waals surface area contributed by atoms with Gasteiger partial charge >= 0.3 is 0 Å². The summed E-state index contributed by atoms with van der Waals surface area (Å²) in [7, 11) is 0. The Morgan fingerprint density at radius 1 is 1.06 bits per heavy atom. The van der Waals surface area contributed by atoms with Gasteiger partial charge in [0.15, 0.2) is 5.16 Å². The zero-order valence-electron chi connectivity index (χ0n) is 17.4. The zero-order chi connectivity index (χ0) is 22.2. The van der Waals surface area contributed by atoms with Crippen molar-refractivity contribution in [2.45, 2.75) is 24.5 Å². The number of rotatable bonds is 4. The number of aromatic nitrogens is 2. The fraction of sp³-hybridized carbons (Fsp3) is 0.160. The van der Waals surface area contributed by atoms with Crippen LogP contribution in [0.5, 0.6) is 0 Å². The van der Waals surface area contributed by atoms with E-state index in [1.807, 2.05) is 41.3 Å². The third-order valence-corrected chi connectivity index (χ3v) is 6.81. The fourth-order valence-corrected chi connectivity index (χ4v) is 5.17. The molecule has 0 saturated carbocycles. The summed E-state index contributed by atoms with van der Waals surface area (Å²) >= 11 is 7.32. The van der Waals surface area contributed by atoms with Crippen LogP contribution in [0.4, 0.5) is 5.69 Å². The average molecular weight is 462 g/mol. The fourth-order valence-electron chi connectivity index (χ4n) is 4.17. The van der Waals surface area contributed by atoms with E-state index in [0.29, 0.717) is 26.8 Å². The van der Waals surface area contributed by atoms with Crippen molar-refractivity contribution < 1.29 is 4.79 Å². The first-order valence-corrected chi connectivity index (χ1v) is 11.7. The second kappa shape index (κ2) is 8.45. The average Bonchev–Trinajstić information content (AvgIpc) is 3.14. The Balaban J connectivity index is 1.51. The summed E-state index contributed by atoms with van der Waals surface area (Å²) in [6, 6.07) is 22.4. The van der Waals surface area contributed by atoms with Crippen molar-refractivity contribution >= 4 is 45.9 Å². The molecule has 3 aromatic carbocycles. The molecule has 1 amide bonds. The summed E-state index contributed by atoms with van der Waals surface area (Å²) < 4.78 is 1.55. The molecular formula is C25H20ClN3O2S. The van der Waals surface area contributed by atoms with Crippen LogP contribution in [0.3, 0.4) is 0 Å². The molecule has 0 spiro atoms. The molecule has 5 rings (SSSR count). The lowest BCUT2D eigenvalue weighted by Gasteiger charge is -2.22. The highest BCUT2D eigenvalue weighted by Gasteiger charge is 2.30. The quantitative estimate of drug-likeness (QED) is 0.313. The van der Waals surface area contributed by atoms with Crippen LogP contribution in [0.15, 0.2) is 82.7 Å². The van der Waals surface area contributed by atoms with Gasteiger partial charge in [0.1, 0.15) is 0 Å². The van der Waals surface area contributed by atoms with Gasteiger partial charge in [0.2, 0.25) is 5.91 Å². The summed E-state index contributed by atoms with van der Waals surface area (Å²) in [5.41, 5.74) is 3.24. The number of halogens is 1. The van der Waals surface area contributed by atoms with Gasteiger partial charge in [-0.05, 0) is 61.4 Å². The number of thioether (sulfide) groups is 1. The Morgan fingerprint density at radius 3 is 2.59 bits per heavy atom. The number of fused-ring (bicyclic) bond motifs is 2. The molecule has 5 nitrogen and oxygen atoms in total. The lowest BCUT2D eigenvalue weighted by molar-refractivity contribution is -0.116. The molecule has 0 radical (unpaired) electrons. The molecule has 0 aliphatic carbocycles. The molecule has 160 valence electrons. The maximum atomic E-state index is 13.3. The smallest absolute Gasteiger partial charge is 0.266 e. The minimum Gasteiger partial charge on any atom is -0.308 e. The predicted octanol–water partition coefficient (Wildman–Crippen LogP) is 5.11. The van der Waals surface area contributed by atoms with E-state index in [1.54, 1.807) is 34.9 Å². The Labute approximate surface area is 194 Å². The van der Waals surface area contributed by atoms with E-state index in [0.717, 1.165) is 12.1 Å². The highest BCUT2D eigenvalue weighted by Crippen LogP contribution is 2.33. The third kappa shape index (κ3) is 3.70. The van der Waals surface area contributed by atoms with Crippen molar-refractivity contribution in [3.8, 4) is 5.69 Å². The van der Waals surface area contributed by atoms with Crippen LogP contribution in [0, 0.1) is 0 Å². The van der Waals surface area contributed by atoms with E-state index in [1.165, 1.54) is 17.3 Å². The van der Waals surface area contributed by atoms with Gasteiger partial charge in [-0.3, -0.25) is 14.2 Å². The molecule has 1 aliphatic heterocycles. The number of carbonyl (C=O) groups excluding carboxylic acids is 1. The van der Waals surface area contributed by atoms with E-state index in [4.69, 9.17) is 16.6 Å². The van der Waals surface area contributed by atoms with Gasteiger partial charge in [-0.2, -0.15) is 0 Å². The highest BCUT2D eigenvalue weighted by atomic mass is 35.5. The predicted molar refractivity (Wildman–Crippen MR) is 130 cm³/mol. The van der Waals surface area contributed by atoms with Crippen molar-refractivity contribution in [3.05, 3.63) is 93.7 Å². The highest BCUT2D eigenvalue weighted by molar-refractivity contribution is 7.99. The van der Waals surface area contributed by atoms with Crippen LogP contribution in [-0.2, 0) is 11.2 Å². The number of anilines is 1. The van der Waals surface area contributed by atoms with Gasteiger partial charge in [0, 0.05) is 16.8 Å². The number of carbonyl (C=O) groups is 1. The van der Waals surface area contributed by atoms with Crippen molar-refractivity contribution in [1.82, 2.24) is 9.55 Å². The molecule has 1 aliphatic rings. The Morgan fingerprint density at radius 2 is 1.78 bits per heavy atom. The standard InChI is InChI=1S/C25H20ClN3O2S/c1-16-14-17-6-2-5-9-22(17)28(16)23(30)15-32-25-27-21-8-4-3-7-20(21)24(31)29(25)19-12-10-18(26)11-13-19/h2-13,16H,14-15H2,1H3. The van der Waals surface area contributed by atoms with E-state index >= 15 is 0 Å². The minimum atomic E-state index is -0.173. The molecule has 4 aromatic rings. The third-order valence-electron chi connectivity index (χ3n) is 5.63.